The standard InChI is InChI=1S/C16H18FN5O5/c1-7-2-11(21-22(7)16(26)27)14(25)9-4-18-6-19-15(9)20-10-3-8(5-23)13(24)12(10)17/h2,4,6,8,10,12-13,23-24H,3,5H2,1H3,(H,26,27)(H,18,19,20)/t8-,10-,12-,13-/m1/s1. The van der Waals surface area contributed by atoms with Gasteiger partial charge in [0.1, 0.15) is 24.0 Å². The second-order valence-electron chi connectivity index (χ2n) is 6.34. The lowest BCUT2D eigenvalue weighted by molar-refractivity contribution is 0.0444. The van der Waals surface area contributed by atoms with Gasteiger partial charge in [-0.05, 0) is 19.4 Å². The van der Waals surface area contributed by atoms with Crippen molar-refractivity contribution in [2.24, 2.45) is 5.92 Å². The second kappa shape index (κ2) is 7.37. The number of aryl methyl sites for hydroxylation is 1. The van der Waals surface area contributed by atoms with Crippen LogP contribution in [0.5, 0.6) is 0 Å². The Labute approximate surface area is 152 Å². The van der Waals surface area contributed by atoms with Crippen molar-refractivity contribution in [3.05, 3.63) is 35.5 Å². The Balaban J connectivity index is 1.87. The molecule has 0 aromatic carbocycles. The highest BCUT2D eigenvalue weighted by molar-refractivity contribution is 6.10. The Bertz CT molecular complexity index is 873. The third-order valence-electron chi connectivity index (χ3n) is 4.57. The molecule has 0 saturated heterocycles. The van der Waals surface area contributed by atoms with Gasteiger partial charge in [0.15, 0.2) is 0 Å². The number of carbonyl (C=O) groups excluding carboxylic acids is 1. The first-order chi connectivity index (χ1) is 12.8. The number of aliphatic hydroxyl groups is 2. The van der Waals surface area contributed by atoms with Crippen LogP contribution in [0.3, 0.4) is 0 Å². The van der Waals surface area contributed by atoms with E-state index in [1.165, 1.54) is 25.5 Å². The maximum atomic E-state index is 14.3. The van der Waals surface area contributed by atoms with Crippen LogP contribution < -0.4 is 5.32 Å². The van der Waals surface area contributed by atoms with E-state index in [1.807, 2.05) is 0 Å². The largest absolute Gasteiger partial charge is 0.463 e. The van der Waals surface area contributed by atoms with E-state index >= 15 is 0 Å². The van der Waals surface area contributed by atoms with Crippen LogP contribution in [-0.2, 0) is 0 Å². The Morgan fingerprint density at radius 2 is 2.19 bits per heavy atom. The molecule has 1 fully saturated rings. The Morgan fingerprint density at radius 1 is 1.44 bits per heavy atom. The molecule has 1 aliphatic rings. The summed E-state index contributed by atoms with van der Waals surface area (Å²) < 4.78 is 14.9. The molecule has 1 aliphatic carbocycles. The molecule has 11 heteroatoms. The molecule has 2 heterocycles. The lowest BCUT2D eigenvalue weighted by Gasteiger charge is -2.17. The average molecular weight is 379 g/mol. The smallest absolute Gasteiger partial charge is 0.432 e. The minimum atomic E-state index is -1.64. The molecule has 10 nitrogen and oxygen atoms in total. The number of anilines is 1. The first kappa shape index (κ1) is 18.9. The average Bonchev–Trinajstić information content (AvgIpc) is 3.17. The van der Waals surface area contributed by atoms with Crippen LogP contribution >= 0.6 is 0 Å². The molecule has 0 amide bonds. The Morgan fingerprint density at radius 3 is 2.78 bits per heavy atom. The van der Waals surface area contributed by atoms with Crippen LogP contribution in [0.25, 0.3) is 0 Å². The number of alkyl halides is 1. The van der Waals surface area contributed by atoms with E-state index in [1.54, 1.807) is 0 Å². The third kappa shape index (κ3) is 3.51. The van der Waals surface area contributed by atoms with E-state index in [0.29, 0.717) is 4.68 Å². The van der Waals surface area contributed by atoms with E-state index in [0.717, 1.165) is 0 Å². The molecule has 3 rings (SSSR count). The first-order valence-electron chi connectivity index (χ1n) is 8.17. The number of hydrogen-bond donors (Lipinski definition) is 4. The highest BCUT2D eigenvalue weighted by Crippen LogP contribution is 2.31. The van der Waals surface area contributed by atoms with Crippen LogP contribution in [0.15, 0.2) is 18.6 Å². The van der Waals surface area contributed by atoms with Gasteiger partial charge in [0, 0.05) is 24.4 Å². The summed E-state index contributed by atoms with van der Waals surface area (Å²) in [6, 6.07) is 0.462. The fourth-order valence-electron chi connectivity index (χ4n) is 3.12. The molecule has 0 spiro atoms. The maximum Gasteiger partial charge on any atom is 0.432 e. The molecular formula is C16H18FN5O5. The molecule has 2 aromatic rings. The summed E-state index contributed by atoms with van der Waals surface area (Å²) in [6.45, 7) is 1.13. The third-order valence-corrected chi connectivity index (χ3v) is 4.57. The van der Waals surface area contributed by atoms with Crippen LogP contribution in [0.2, 0.25) is 0 Å². The minimum Gasteiger partial charge on any atom is -0.463 e. The highest BCUT2D eigenvalue weighted by atomic mass is 19.1. The van der Waals surface area contributed by atoms with Crippen molar-refractivity contribution in [2.75, 3.05) is 11.9 Å². The zero-order valence-corrected chi connectivity index (χ0v) is 14.3. The minimum absolute atomic E-state index is 0.0123. The fraction of sp³-hybridized carbons (Fsp3) is 0.438. The summed E-state index contributed by atoms with van der Waals surface area (Å²) in [7, 11) is 0. The number of rotatable bonds is 5. The highest BCUT2D eigenvalue weighted by Gasteiger charge is 2.43. The normalized spacial score (nSPS) is 24.7. The number of carboxylic acid groups (broad SMARTS) is 1. The summed E-state index contributed by atoms with van der Waals surface area (Å²) in [5, 5.41) is 34.6. The maximum absolute atomic E-state index is 14.3. The van der Waals surface area contributed by atoms with Crippen molar-refractivity contribution < 1.29 is 29.3 Å². The molecule has 0 bridgehead atoms. The van der Waals surface area contributed by atoms with Gasteiger partial charge in [-0.3, -0.25) is 4.79 Å². The van der Waals surface area contributed by atoms with Gasteiger partial charge in [0.2, 0.25) is 5.78 Å². The second-order valence-corrected chi connectivity index (χ2v) is 6.34. The van der Waals surface area contributed by atoms with E-state index in [-0.39, 0.29) is 35.8 Å². The summed E-state index contributed by atoms with van der Waals surface area (Å²) in [5.74, 6) is -1.21. The van der Waals surface area contributed by atoms with Crippen molar-refractivity contribution in [3.8, 4) is 0 Å². The number of halogens is 1. The van der Waals surface area contributed by atoms with Crippen molar-refractivity contribution in [2.45, 2.75) is 31.7 Å². The summed E-state index contributed by atoms with van der Waals surface area (Å²) in [6.07, 6.45) is -1.75. The van der Waals surface area contributed by atoms with Crippen LogP contribution in [0.4, 0.5) is 15.0 Å². The van der Waals surface area contributed by atoms with Crippen molar-refractivity contribution in [1.29, 1.82) is 0 Å². The molecular weight excluding hydrogens is 361 g/mol. The number of hydrogen-bond acceptors (Lipinski definition) is 8. The number of nitrogens with one attached hydrogen (secondary N) is 1. The number of aromatic nitrogens is 4. The molecule has 2 aromatic heterocycles. The molecule has 4 atom stereocenters. The lowest BCUT2D eigenvalue weighted by atomic mass is 10.1. The van der Waals surface area contributed by atoms with Gasteiger partial charge in [-0.2, -0.15) is 9.78 Å². The summed E-state index contributed by atoms with van der Waals surface area (Å²) in [5.41, 5.74) is 0.122. The van der Waals surface area contributed by atoms with E-state index in [9.17, 15) is 24.2 Å². The van der Waals surface area contributed by atoms with E-state index < -0.39 is 36.1 Å². The zero-order chi connectivity index (χ0) is 19.7. The van der Waals surface area contributed by atoms with E-state index in [2.05, 4.69) is 20.4 Å². The molecule has 0 aliphatic heterocycles. The van der Waals surface area contributed by atoms with Gasteiger partial charge >= 0.3 is 6.09 Å². The summed E-state index contributed by atoms with van der Waals surface area (Å²) in [4.78, 5) is 31.6. The van der Waals surface area contributed by atoms with Gasteiger partial charge in [0.05, 0.1) is 17.7 Å². The SMILES string of the molecule is Cc1cc(C(=O)c2cncnc2N[C@@H]2C[C@H](CO)[C@@H](O)[C@@H]2F)nn1C(=O)O. The predicted octanol–water partition coefficient (Wildman–Crippen LogP) is 0.230. The Hall–Kier alpha value is -2.92. The number of aliphatic hydroxyl groups excluding tert-OH is 2. The summed E-state index contributed by atoms with van der Waals surface area (Å²) >= 11 is 0. The van der Waals surface area contributed by atoms with Gasteiger partial charge in [-0.15, -0.1) is 0 Å². The molecule has 1 saturated carbocycles. The van der Waals surface area contributed by atoms with Gasteiger partial charge in [0.25, 0.3) is 0 Å². The van der Waals surface area contributed by atoms with Crippen molar-refractivity contribution in [1.82, 2.24) is 19.7 Å². The molecule has 27 heavy (non-hydrogen) atoms. The first-order valence-corrected chi connectivity index (χ1v) is 8.17. The Kier molecular flexibility index (Phi) is 5.15. The molecule has 144 valence electrons. The topological polar surface area (TPSA) is 150 Å². The fourth-order valence-corrected chi connectivity index (χ4v) is 3.12. The van der Waals surface area contributed by atoms with Crippen molar-refractivity contribution in [3.63, 3.8) is 0 Å². The predicted molar refractivity (Wildman–Crippen MR) is 89.4 cm³/mol. The zero-order valence-electron chi connectivity index (χ0n) is 14.3. The van der Waals surface area contributed by atoms with Crippen LogP contribution in [0, 0.1) is 12.8 Å². The van der Waals surface area contributed by atoms with Gasteiger partial charge < -0.3 is 20.6 Å². The molecule has 4 N–H and O–H groups in total. The van der Waals surface area contributed by atoms with Gasteiger partial charge in [-0.1, -0.05) is 0 Å². The quantitative estimate of drug-likeness (QED) is 0.535. The monoisotopic (exact) mass is 379 g/mol. The van der Waals surface area contributed by atoms with Crippen LogP contribution in [-0.4, -0.2) is 71.9 Å². The van der Waals surface area contributed by atoms with E-state index in [4.69, 9.17) is 5.11 Å². The molecule has 0 radical (unpaired) electrons. The molecule has 0 unspecified atom stereocenters. The lowest BCUT2D eigenvalue weighted by Crippen LogP contribution is -2.32. The number of ketones is 1. The van der Waals surface area contributed by atoms with Crippen molar-refractivity contribution >= 4 is 17.7 Å². The number of carbonyl (C=O) groups is 2. The number of nitrogens with zero attached hydrogens (tertiary/aromatic N) is 4. The van der Waals surface area contributed by atoms with Crippen LogP contribution in [0.1, 0.15) is 28.2 Å². The van der Waals surface area contributed by atoms with Gasteiger partial charge in [-0.25, -0.2) is 19.2 Å².